The van der Waals surface area contributed by atoms with Crippen LogP contribution < -0.4 is 15.6 Å². The van der Waals surface area contributed by atoms with Gasteiger partial charge in [-0.1, -0.05) is 6.92 Å². The molecule has 6 nitrogen and oxygen atoms in total. The van der Waals surface area contributed by atoms with E-state index in [0.29, 0.717) is 18.6 Å². The summed E-state index contributed by atoms with van der Waals surface area (Å²) in [5.74, 6) is -5.59. The van der Waals surface area contributed by atoms with Gasteiger partial charge in [-0.3, -0.25) is 14.2 Å². The van der Waals surface area contributed by atoms with Crippen molar-refractivity contribution in [2.24, 2.45) is 0 Å². The van der Waals surface area contributed by atoms with E-state index < -0.39 is 51.4 Å². The molecule has 0 saturated heterocycles. The molecule has 0 bridgehead atoms. The standard InChI is InChI=1S/C22H22F4N4O2/c1-6-22(2,3)28-21(32)13-10-30(17-14(24)7-11(23)8-15(17)25)19-12(18(13)31)9-16(26)20(27-19)29(4)5/h7-10H,6H2,1-5H3,(H,28,32). The van der Waals surface area contributed by atoms with Crippen LogP contribution in [0.4, 0.5) is 23.4 Å². The van der Waals surface area contributed by atoms with Crippen LogP contribution in [0, 0.1) is 23.3 Å². The van der Waals surface area contributed by atoms with Gasteiger partial charge in [-0.05, 0) is 26.3 Å². The molecule has 1 aromatic carbocycles. The van der Waals surface area contributed by atoms with Gasteiger partial charge in [0.2, 0.25) is 5.43 Å². The number of hydrogen-bond donors (Lipinski definition) is 1. The van der Waals surface area contributed by atoms with Gasteiger partial charge in [0.1, 0.15) is 17.1 Å². The second-order valence-electron chi connectivity index (χ2n) is 8.21. The molecule has 0 aliphatic carbocycles. The summed E-state index contributed by atoms with van der Waals surface area (Å²) in [5, 5.41) is 2.30. The van der Waals surface area contributed by atoms with Gasteiger partial charge in [0.05, 0.1) is 5.39 Å². The molecule has 0 fully saturated rings. The number of fused-ring (bicyclic) bond motifs is 1. The molecule has 0 unspecified atom stereocenters. The maximum absolute atomic E-state index is 14.6. The van der Waals surface area contributed by atoms with Crippen LogP contribution in [0.25, 0.3) is 16.7 Å². The number of nitrogens with zero attached hydrogens (tertiary/aromatic N) is 3. The van der Waals surface area contributed by atoms with Crippen LogP contribution in [0.3, 0.4) is 0 Å². The number of amides is 1. The van der Waals surface area contributed by atoms with E-state index >= 15 is 0 Å². The lowest BCUT2D eigenvalue weighted by atomic mass is 10.0. The summed E-state index contributed by atoms with van der Waals surface area (Å²) in [7, 11) is 2.99. The summed E-state index contributed by atoms with van der Waals surface area (Å²) in [6, 6.07) is 1.77. The van der Waals surface area contributed by atoms with Crippen molar-refractivity contribution in [2.45, 2.75) is 32.7 Å². The molecule has 0 saturated carbocycles. The number of hydrogen-bond acceptors (Lipinski definition) is 4. The Morgan fingerprint density at radius 2 is 1.69 bits per heavy atom. The molecule has 3 aromatic rings. The Balaban J connectivity index is 2.43. The summed E-state index contributed by atoms with van der Waals surface area (Å²) < 4.78 is 58.2. The number of carbonyl (C=O) groups is 1. The molecular formula is C22H22F4N4O2. The number of halogens is 4. The largest absolute Gasteiger partial charge is 0.360 e. The van der Waals surface area contributed by atoms with Crippen LogP contribution in [0.15, 0.2) is 29.2 Å². The summed E-state index contributed by atoms with van der Waals surface area (Å²) >= 11 is 0. The van der Waals surface area contributed by atoms with Gasteiger partial charge in [0.25, 0.3) is 5.91 Å². The minimum Gasteiger partial charge on any atom is -0.360 e. The van der Waals surface area contributed by atoms with Crippen molar-refractivity contribution >= 4 is 22.8 Å². The Morgan fingerprint density at radius 1 is 1.09 bits per heavy atom. The number of pyridine rings is 2. The van der Waals surface area contributed by atoms with Gasteiger partial charge in [0, 0.05) is 38.0 Å². The summed E-state index contributed by atoms with van der Waals surface area (Å²) in [5.41, 5.74) is -3.07. The first-order chi connectivity index (χ1) is 14.9. The minimum atomic E-state index is -1.29. The van der Waals surface area contributed by atoms with Crippen molar-refractivity contribution in [3.8, 4) is 5.69 Å². The van der Waals surface area contributed by atoms with Gasteiger partial charge < -0.3 is 10.2 Å². The fourth-order valence-corrected chi connectivity index (χ4v) is 3.09. The fraction of sp³-hybridized carbons (Fsp3) is 0.318. The fourth-order valence-electron chi connectivity index (χ4n) is 3.09. The van der Waals surface area contributed by atoms with E-state index in [9.17, 15) is 27.2 Å². The van der Waals surface area contributed by atoms with E-state index in [2.05, 4.69) is 10.3 Å². The second kappa shape index (κ2) is 8.25. The minimum absolute atomic E-state index is 0.196. The average Bonchev–Trinajstić information content (AvgIpc) is 2.68. The highest BCUT2D eigenvalue weighted by Crippen LogP contribution is 2.26. The molecule has 0 radical (unpaired) electrons. The first-order valence-corrected chi connectivity index (χ1v) is 9.77. The number of carbonyl (C=O) groups excluding carboxylic acids is 1. The van der Waals surface area contributed by atoms with Crippen LogP contribution in [-0.4, -0.2) is 35.1 Å². The van der Waals surface area contributed by atoms with Crippen molar-refractivity contribution in [1.82, 2.24) is 14.9 Å². The topological polar surface area (TPSA) is 67.2 Å². The number of nitrogens with one attached hydrogen (secondary N) is 1. The van der Waals surface area contributed by atoms with E-state index in [1.165, 1.54) is 19.0 Å². The third kappa shape index (κ3) is 4.17. The highest BCUT2D eigenvalue weighted by atomic mass is 19.1. The predicted molar refractivity (Wildman–Crippen MR) is 113 cm³/mol. The van der Waals surface area contributed by atoms with Crippen LogP contribution in [0.2, 0.25) is 0 Å². The van der Waals surface area contributed by atoms with Crippen molar-refractivity contribution in [2.75, 3.05) is 19.0 Å². The molecule has 0 spiro atoms. The SMILES string of the molecule is CCC(C)(C)NC(=O)c1cn(-c2c(F)cc(F)cc2F)c2nc(N(C)C)c(F)cc2c1=O. The molecule has 2 aromatic heterocycles. The van der Waals surface area contributed by atoms with E-state index in [4.69, 9.17) is 0 Å². The van der Waals surface area contributed by atoms with Crippen molar-refractivity contribution in [3.05, 3.63) is 63.5 Å². The number of rotatable bonds is 5. The molecule has 3 rings (SSSR count). The maximum atomic E-state index is 14.6. The Labute approximate surface area is 181 Å². The second-order valence-corrected chi connectivity index (χ2v) is 8.21. The molecule has 170 valence electrons. The summed E-state index contributed by atoms with van der Waals surface area (Å²) in [6.45, 7) is 5.28. The van der Waals surface area contributed by atoms with Gasteiger partial charge in [0.15, 0.2) is 28.9 Å². The summed E-state index contributed by atoms with van der Waals surface area (Å²) in [4.78, 5) is 31.3. The predicted octanol–water partition coefficient (Wildman–Crippen LogP) is 3.93. The van der Waals surface area contributed by atoms with Crippen molar-refractivity contribution in [1.29, 1.82) is 0 Å². The van der Waals surface area contributed by atoms with Crippen molar-refractivity contribution < 1.29 is 22.4 Å². The monoisotopic (exact) mass is 450 g/mol. The molecule has 0 aliphatic rings. The van der Waals surface area contributed by atoms with Gasteiger partial charge in [-0.25, -0.2) is 22.5 Å². The van der Waals surface area contributed by atoms with E-state index in [1.54, 1.807) is 13.8 Å². The first-order valence-electron chi connectivity index (χ1n) is 9.77. The van der Waals surface area contributed by atoms with E-state index in [1.807, 2.05) is 6.92 Å². The quantitative estimate of drug-likeness (QED) is 0.599. The highest BCUT2D eigenvalue weighted by Gasteiger charge is 2.26. The lowest BCUT2D eigenvalue weighted by Gasteiger charge is -2.24. The molecule has 32 heavy (non-hydrogen) atoms. The third-order valence-corrected chi connectivity index (χ3v) is 5.14. The van der Waals surface area contributed by atoms with Crippen LogP contribution in [0.5, 0.6) is 0 Å². The van der Waals surface area contributed by atoms with E-state index in [0.717, 1.165) is 16.8 Å². The van der Waals surface area contributed by atoms with E-state index in [-0.39, 0.29) is 16.9 Å². The third-order valence-electron chi connectivity index (χ3n) is 5.14. The molecule has 0 aliphatic heterocycles. The lowest BCUT2D eigenvalue weighted by Crippen LogP contribution is -2.44. The number of anilines is 1. The Kier molecular flexibility index (Phi) is 5.99. The zero-order valence-electron chi connectivity index (χ0n) is 18.2. The number of aromatic nitrogens is 2. The van der Waals surface area contributed by atoms with Gasteiger partial charge in [-0.2, -0.15) is 0 Å². The zero-order valence-corrected chi connectivity index (χ0v) is 18.2. The van der Waals surface area contributed by atoms with Crippen molar-refractivity contribution in [3.63, 3.8) is 0 Å². The normalized spacial score (nSPS) is 11.7. The molecule has 2 heterocycles. The molecule has 0 atom stereocenters. The zero-order chi connectivity index (χ0) is 24.0. The molecule has 1 amide bonds. The van der Waals surface area contributed by atoms with Gasteiger partial charge in [-0.15, -0.1) is 0 Å². The lowest BCUT2D eigenvalue weighted by molar-refractivity contribution is 0.0909. The first kappa shape index (κ1) is 23.2. The van der Waals surface area contributed by atoms with Crippen LogP contribution >= 0.6 is 0 Å². The Hall–Kier alpha value is -3.43. The molecule has 1 N–H and O–H groups in total. The smallest absolute Gasteiger partial charge is 0.257 e. The average molecular weight is 450 g/mol. The molecular weight excluding hydrogens is 428 g/mol. The molecule has 10 heteroatoms. The maximum Gasteiger partial charge on any atom is 0.257 e. The van der Waals surface area contributed by atoms with Gasteiger partial charge >= 0.3 is 0 Å². The number of benzene rings is 1. The van der Waals surface area contributed by atoms with Crippen LogP contribution in [-0.2, 0) is 0 Å². The Morgan fingerprint density at radius 3 is 2.22 bits per heavy atom. The summed E-state index contributed by atoms with van der Waals surface area (Å²) in [6.07, 6.45) is 1.46. The highest BCUT2D eigenvalue weighted by molar-refractivity contribution is 5.97. The Bertz CT molecular complexity index is 1260. The van der Waals surface area contributed by atoms with Crippen LogP contribution in [0.1, 0.15) is 37.6 Å².